The van der Waals surface area contributed by atoms with Crippen LogP contribution in [0.15, 0.2) is 16.7 Å². The number of nitrogens with zero attached hydrogens (tertiary/aromatic N) is 2. The van der Waals surface area contributed by atoms with Gasteiger partial charge in [-0.05, 0) is 22.0 Å². The Bertz CT molecular complexity index is 589. The average molecular weight is 343 g/mol. The summed E-state index contributed by atoms with van der Waals surface area (Å²) in [5.74, 6) is -2.03. The van der Waals surface area contributed by atoms with Crippen LogP contribution in [0.25, 0.3) is 0 Å². The van der Waals surface area contributed by atoms with E-state index in [0.29, 0.717) is 10.3 Å². The van der Waals surface area contributed by atoms with Crippen LogP contribution in [0.1, 0.15) is 16.8 Å². The van der Waals surface area contributed by atoms with Gasteiger partial charge >= 0.3 is 11.9 Å². The first-order valence-electron chi connectivity index (χ1n) is 5.71. The van der Waals surface area contributed by atoms with Gasteiger partial charge < -0.3 is 9.84 Å². The monoisotopic (exact) mass is 342 g/mol. The van der Waals surface area contributed by atoms with Crippen LogP contribution >= 0.6 is 15.9 Å². The van der Waals surface area contributed by atoms with Crippen molar-refractivity contribution in [3.05, 3.63) is 22.3 Å². The van der Waals surface area contributed by atoms with Gasteiger partial charge in [0.15, 0.2) is 0 Å². The minimum absolute atomic E-state index is 0.0109. The molecule has 1 saturated heterocycles. The lowest BCUT2D eigenvalue weighted by molar-refractivity contribution is -0.145. The number of anilines is 1. The first-order valence-corrected chi connectivity index (χ1v) is 6.50. The van der Waals surface area contributed by atoms with Gasteiger partial charge in [0.2, 0.25) is 5.91 Å². The molecule has 1 amide bonds. The standard InChI is InChI=1S/C12H11BrN2O5/c1-20-12(19)7-3-9(16)15(5-7)10-8(13)2-6(4-14-10)11(17)18/h2,4,7H,3,5H2,1H3,(H,17,18). The third kappa shape index (κ3) is 2.64. The highest BCUT2D eigenvalue weighted by Gasteiger charge is 2.37. The van der Waals surface area contributed by atoms with Gasteiger partial charge in [-0.25, -0.2) is 9.78 Å². The van der Waals surface area contributed by atoms with Gasteiger partial charge in [0, 0.05) is 19.2 Å². The van der Waals surface area contributed by atoms with Crippen molar-refractivity contribution in [2.24, 2.45) is 5.92 Å². The molecule has 2 heterocycles. The van der Waals surface area contributed by atoms with Crippen LogP contribution in [0, 0.1) is 5.92 Å². The van der Waals surface area contributed by atoms with Crippen molar-refractivity contribution >= 4 is 39.6 Å². The van der Waals surface area contributed by atoms with E-state index in [4.69, 9.17) is 5.11 Å². The number of hydrogen-bond acceptors (Lipinski definition) is 5. The van der Waals surface area contributed by atoms with Gasteiger partial charge in [-0.15, -0.1) is 0 Å². The average Bonchev–Trinajstić information content (AvgIpc) is 2.79. The number of carbonyl (C=O) groups is 3. The highest BCUT2D eigenvalue weighted by Crippen LogP contribution is 2.30. The van der Waals surface area contributed by atoms with E-state index in [1.165, 1.54) is 24.3 Å². The molecule has 0 radical (unpaired) electrons. The maximum Gasteiger partial charge on any atom is 0.337 e. The van der Waals surface area contributed by atoms with Crippen molar-refractivity contribution in [3.63, 3.8) is 0 Å². The molecule has 0 bridgehead atoms. The van der Waals surface area contributed by atoms with Crippen LogP contribution in [-0.2, 0) is 14.3 Å². The Kier molecular flexibility index (Phi) is 4.03. The number of carbonyl (C=O) groups excluding carboxylic acids is 2. The van der Waals surface area contributed by atoms with E-state index >= 15 is 0 Å². The van der Waals surface area contributed by atoms with E-state index in [2.05, 4.69) is 25.7 Å². The van der Waals surface area contributed by atoms with E-state index in [9.17, 15) is 14.4 Å². The third-order valence-corrected chi connectivity index (χ3v) is 3.57. The van der Waals surface area contributed by atoms with Crippen molar-refractivity contribution < 1.29 is 24.2 Å². The van der Waals surface area contributed by atoms with Gasteiger partial charge in [0.1, 0.15) is 5.82 Å². The number of aromatic nitrogens is 1. The molecule has 7 nitrogen and oxygen atoms in total. The number of ether oxygens (including phenoxy) is 1. The predicted molar refractivity (Wildman–Crippen MR) is 71.4 cm³/mol. The van der Waals surface area contributed by atoms with E-state index in [0.717, 1.165) is 0 Å². The summed E-state index contributed by atoms with van der Waals surface area (Å²) in [6, 6.07) is 1.36. The highest BCUT2D eigenvalue weighted by atomic mass is 79.9. The summed E-state index contributed by atoms with van der Waals surface area (Å²) < 4.78 is 5.01. The second-order valence-corrected chi connectivity index (χ2v) is 5.12. The van der Waals surface area contributed by atoms with Gasteiger partial charge in [0.25, 0.3) is 0 Å². The molecule has 1 unspecified atom stereocenters. The summed E-state index contributed by atoms with van der Waals surface area (Å²) in [4.78, 5) is 39.5. The lowest BCUT2D eigenvalue weighted by Gasteiger charge is -2.16. The Morgan fingerprint density at radius 3 is 2.80 bits per heavy atom. The Hall–Kier alpha value is -1.96. The predicted octanol–water partition coefficient (Wildman–Crippen LogP) is 1.07. The Morgan fingerprint density at radius 1 is 1.55 bits per heavy atom. The van der Waals surface area contributed by atoms with Crippen molar-refractivity contribution in [2.75, 3.05) is 18.6 Å². The van der Waals surface area contributed by atoms with Crippen LogP contribution in [0.5, 0.6) is 0 Å². The van der Waals surface area contributed by atoms with Crippen molar-refractivity contribution in [1.29, 1.82) is 0 Å². The minimum Gasteiger partial charge on any atom is -0.478 e. The van der Waals surface area contributed by atoms with E-state index < -0.39 is 17.9 Å². The number of rotatable bonds is 3. The van der Waals surface area contributed by atoms with Crippen LogP contribution in [0.2, 0.25) is 0 Å². The molecule has 1 atom stereocenters. The van der Waals surface area contributed by atoms with Crippen molar-refractivity contribution in [1.82, 2.24) is 4.98 Å². The molecule has 0 aliphatic carbocycles. The second kappa shape index (κ2) is 5.58. The van der Waals surface area contributed by atoms with E-state index in [-0.39, 0.29) is 24.4 Å². The fourth-order valence-electron chi connectivity index (χ4n) is 1.98. The molecule has 0 spiro atoms. The number of carboxylic acid groups (broad SMARTS) is 1. The number of halogens is 1. The number of esters is 1. The van der Waals surface area contributed by atoms with Crippen LogP contribution in [0.3, 0.4) is 0 Å². The number of amides is 1. The zero-order valence-corrected chi connectivity index (χ0v) is 12.1. The van der Waals surface area contributed by atoms with E-state index in [1.54, 1.807) is 0 Å². The highest BCUT2D eigenvalue weighted by molar-refractivity contribution is 9.10. The summed E-state index contributed by atoms with van der Waals surface area (Å²) in [6.07, 6.45) is 1.22. The molecule has 1 aliphatic rings. The van der Waals surface area contributed by atoms with E-state index in [1.807, 2.05) is 0 Å². The van der Waals surface area contributed by atoms with Crippen molar-refractivity contribution in [3.8, 4) is 0 Å². The first kappa shape index (κ1) is 14.4. The number of methoxy groups -OCH3 is 1. The maximum absolute atomic E-state index is 11.9. The number of carboxylic acids is 1. The number of hydrogen-bond donors (Lipinski definition) is 1. The molecule has 1 aromatic rings. The minimum atomic E-state index is -1.11. The number of aromatic carboxylic acids is 1. The molecular weight excluding hydrogens is 332 g/mol. The zero-order chi connectivity index (χ0) is 14.9. The summed E-state index contributed by atoms with van der Waals surface area (Å²) in [6.45, 7) is 0.170. The Labute approximate surface area is 122 Å². The quantitative estimate of drug-likeness (QED) is 0.825. The van der Waals surface area contributed by atoms with Gasteiger partial charge in [-0.3, -0.25) is 14.5 Å². The normalized spacial score (nSPS) is 18.2. The van der Waals surface area contributed by atoms with Crippen LogP contribution in [-0.4, -0.2) is 41.6 Å². The van der Waals surface area contributed by atoms with Crippen molar-refractivity contribution in [2.45, 2.75) is 6.42 Å². The molecule has 2 rings (SSSR count). The van der Waals surface area contributed by atoms with Gasteiger partial charge in [-0.1, -0.05) is 0 Å². The molecule has 20 heavy (non-hydrogen) atoms. The Balaban J connectivity index is 2.26. The fourth-order valence-corrected chi connectivity index (χ4v) is 2.55. The molecule has 0 aromatic carbocycles. The zero-order valence-electron chi connectivity index (χ0n) is 10.5. The Morgan fingerprint density at radius 2 is 2.25 bits per heavy atom. The summed E-state index contributed by atoms with van der Waals surface area (Å²) in [7, 11) is 1.27. The smallest absolute Gasteiger partial charge is 0.337 e. The molecular formula is C12H11BrN2O5. The molecule has 0 saturated carbocycles. The lowest BCUT2D eigenvalue weighted by Crippen LogP contribution is -2.27. The number of pyridine rings is 1. The summed E-state index contributed by atoms with van der Waals surface area (Å²) in [5, 5.41) is 8.86. The van der Waals surface area contributed by atoms with Gasteiger partial charge in [-0.2, -0.15) is 0 Å². The third-order valence-electron chi connectivity index (χ3n) is 2.98. The lowest BCUT2D eigenvalue weighted by atomic mass is 10.1. The molecule has 106 valence electrons. The van der Waals surface area contributed by atoms with Crippen LogP contribution in [0.4, 0.5) is 5.82 Å². The van der Waals surface area contributed by atoms with Gasteiger partial charge in [0.05, 0.1) is 23.1 Å². The van der Waals surface area contributed by atoms with Crippen LogP contribution < -0.4 is 4.90 Å². The topological polar surface area (TPSA) is 96.8 Å². The SMILES string of the molecule is COC(=O)C1CC(=O)N(c2ncc(C(=O)O)cc2Br)C1. The molecule has 1 fully saturated rings. The molecule has 8 heteroatoms. The molecule has 1 aromatic heterocycles. The fraction of sp³-hybridized carbons (Fsp3) is 0.333. The molecule has 1 N–H and O–H groups in total. The maximum atomic E-state index is 11.9. The summed E-state index contributed by atoms with van der Waals surface area (Å²) >= 11 is 3.19. The summed E-state index contributed by atoms with van der Waals surface area (Å²) in [5.41, 5.74) is 0.0109. The largest absolute Gasteiger partial charge is 0.478 e. The molecule has 1 aliphatic heterocycles. The first-order chi connectivity index (χ1) is 9.43. The second-order valence-electron chi connectivity index (χ2n) is 4.26.